The van der Waals surface area contributed by atoms with E-state index in [1.54, 1.807) is 0 Å². The van der Waals surface area contributed by atoms with Gasteiger partial charge in [0.1, 0.15) is 0 Å². The summed E-state index contributed by atoms with van der Waals surface area (Å²) < 4.78 is 0. The molecular formula is C19H23N3O. The number of rotatable bonds is 5. The number of carbonyl (C=O) groups excluding carboxylic acids is 1. The van der Waals surface area contributed by atoms with Crippen molar-refractivity contribution in [3.63, 3.8) is 0 Å². The van der Waals surface area contributed by atoms with Crippen LogP contribution in [0.5, 0.6) is 0 Å². The molecule has 0 radical (unpaired) electrons. The molecule has 0 atom stereocenters. The van der Waals surface area contributed by atoms with Gasteiger partial charge in [-0.15, -0.1) is 0 Å². The van der Waals surface area contributed by atoms with E-state index >= 15 is 0 Å². The standard InChI is InChI=1S/C19H23N3O/c23-19(16-6-2-1-3-7-16)21-18-10-14-22(15-11-18)13-9-17-8-4-5-12-20-17/h1-8,12,18H,9-11,13-15H2,(H,21,23). The minimum absolute atomic E-state index is 0.0394. The first-order valence-corrected chi connectivity index (χ1v) is 8.29. The van der Waals surface area contributed by atoms with Crippen LogP contribution in [0.2, 0.25) is 0 Å². The Morgan fingerprint density at radius 1 is 1.09 bits per heavy atom. The summed E-state index contributed by atoms with van der Waals surface area (Å²) in [7, 11) is 0. The maximum atomic E-state index is 12.2. The van der Waals surface area contributed by atoms with Crippen molar-refractivity contribution in [2.24, 2.45) is 0 Å². The molecule has 2 aromatic rings. The third kappa shape index (κ3) is 4.63. The molecule has 2 heterocycles. The molecule has 0 spiro atoms. The summed E-state index contributed by atoms with van der Waals surface area (Å²) in [4.78, 5) is 19.0. The number of hydrogen-bond acceptors (Lipinski definition) is 3. The fraction of sp³-hybridized carbons (Fsp3) is 0.368. The van der Waals surface area contributed by atoms with Crippen LogP contribution in [0.15, 0.2) is 54.7 Å². The summed E-state index contributed by atoms with van der Waals surface area (Å²) in [6, 6.07) is 15.8. The second-order valence-corrected chi connectivity index (χ2v) is 6.03. The Hall–Kier alpha value is -2.20. The second kappa shape index (κ2) is 7.88. The maximum Gasteiger partial charge on any atom is 0.251 e. The lowest BCUT2D eigenvalue weighted by Crippen LogP contribution is -2.45. The summed E-state index contributed by atoms with van der Waals surface area (Å²) in [5.74, 6) is 0.0394. The van der Waals surface area contributed by atoms with Crippen molar-refractivity contribution < 1.29 is 4.79 Å². The topological polar surface area (TPSA) is 45.2 Å². The second-order valence-electron chi connectivity index (χ2n) is 6.03. The highest BCUT2D eigenvalue weighted by atomic mass is 16.1. The molecule has 4 nitrogen and oxygen atoms in total. The van der Waals surface area contributed by atoms with Crippen LogP contribution in [0.3, 0.4) is 0 Å². The number of aromatic nitrogens is 1. The van der Waals surface area contributed by atoms with E-state index in [0.717, 1.165) is 50.2 Å². The van der Waals surface area contributed by atoms with Gasteiger partial charge >= 0.3 is 0 Å². The molecule has 1 aliphatic rings. The molecule has 120 valence electrons. The molecule has 23 heavy (non-hydrogen) atoms. The summed E-state index contributed by atoms with van der Waals surface area (Å²) in [6.07, 6.45) is 4.87. The van der Waals surface area contributed by atoms with Crippen molar-refractivity contribution in [3.8, 4) is 0 Å². The zero-order valence-corrected chi connectivity index (χ0v) is 13.3. The molecule has 1 aromatic carbocycles. The van der Waals surface area contributed by atoms with E-state index in [1.807, 2.05) is 48.7 Å². The quantitative estimate of drug-likeness (QED) is 0.923. The number of amides is 1. The number of piperidine rings is 1. The highest BCUT2D eigenvalue weighted by Crippen LogP contribution is 2.12. The monoisotopic (exact) mass is 309 g/mol. The lowest BCUT2D eigenvalue weighted by Gasteiger charge is -2.32. The van der Waals surface area contributed by atoms with Gasteiger partial charge in [0.05, 0.1) is 0 Å². The van der Waals surface area contributed by atoms with E-state index in [4.69, 9.17) is 0 Å². The van der Waals surface area contributed by atoms with Gasteiger partial charge in [-0.3, -0.25) is 9.78 Å². The van der Waals surface area contributed by atoms with Crippen LogP contribution in [0.25, 0.3) is 0 Å². The third-order valence-corrected chi connectivity index (χ3v) is 4.37. The van der Waals surface area contributed by atoms with Gasteiger partial charge in [-0.1, -0.05) is 24.3 Å². The van der Waals surface area contributed by atoms with Crippen LogP contribution in [-0.2, 0) is 6.42 Å². The van der Waals surface area contributed by atoms with E-state index in [0.29, 0.717) is 0 Å². The Labute approximate surface area is 137 Å². The molecule has 1 fully saturated rings. The number of nitrogens with zero attached hydrogens (tertiary/aromatic N) is 2. The molecule has 0 bridgehead atoms. The van der Waals surface area contributed by atoms with Gasteiger partial charge in [-0.25, -0.2) is 0 Å². The molecule has 1 aromatic heterocycles. The summed E-state index contributed by atoms with van der Waals surface area (Å²) >= 11 is 0. The Morgan fingerprint density at radius 2 is 1.83 bits per heavy atom. The summed E-state index contributed by atoms with van der Waals surface area (Å²) in [6.45, 7) is 3.11. The van der Waals surface area contributed by atoms with Gasteiger partial charge < -0.3 is 10.2 Å². The van der Waals surface area contributed by atoms with E-state index in [9.17, 15) is 4.79 Å². The smallest absolute Gasteiger partial charge is 0.251 e. The maximum absolute atomic E-state index is 12.2. The minimum atomic E-state index is 0.0394. The van der Waals surface area contributed by atoms with Crippen LogP contribution in [0.4, 0.5) is 0 Å². The zero-order valence-electron chi connectivity index (χ0n) is 13.3. The van der Waals surface area contributed by atoms with Crippen molar-refractivity contribution in [3.05, 3.63) is 66.0 Å². The van der Waals surface area contributed by atoms with Gasteiger partial charge in [0.25, 0.3) is 5.91 Å². The molecular weight excluding hydrogens is 286 g/mol. The molecule has 3 rings (SSSR count). The highest BCUT2D eigenvalue weighted by Gasteiger charge is 2.20. The van der Waals surface area contributed by atoms with E-state index in [-0.39, 0.29) is 11.9 Å². The Bertz CT molecular complexity index is 607. The highest BCUT2D eigenvalue weighted by molar-refractivity contribution is 5.94. The van der Waals surface area contributed by atoms with Crippen molar-refractivity contribution >= 4 is 5.91 Å². The number of pyridine rings is 1. The summed E-state index contributed by atoms with van der Waals surface area (Å²) in [5, 5.41) is 3.15. The Kier molecular flexibility index (Phi) is 5.37. The first-order chi connectivity index (χ1) is 11.3. The van der Waals surface area contributed by atoms with Gasteiger partial charge in [0, 0.05) is 49.6 Å². The molecule has 0 unspecified atom stereocenters. The SMILES string of the molecule is O=C(NC1CCN(CCc2ccccn2)CC1)c1ccccc1. The first-order valence-electron chi connectivity index (χ1n) is 8.29. The van der Waals surface area contributed by atoms with Crippen molar-refractivity contribution in [2.75, 3.05) is 19.6 Å². The molecule has 0 saturated carbocycles. The van der Waals surface area contributed by atoms with Gasteiger partial charge in [0.2, 0.25) is 0 Å². The van der Waals surface area contributed by atoms with E-state index in [1.165, 1.54) is 0 Å². The minimum Gasteiger partial charge on any atom is -0.349 e. The van der Waals surface area contributed by atoms with Gasteiger partial charge in [0.15, 0.2) is 0 Å². The van der Waals surface area contributed by atoms with E-state index < -0.39 is 0 Å². The van der Waals surface area contributed by atoms with Gasteiger partial charge in [-0.05, 0) is 37.1 Å². The largest absolute Gasteiger partial charge is 0.349 e. The van der Waals surface area contributed by atoms with Crippen LogP contribution < -0.4 is 5.32 Å². The van der Waals surface area contributed by atoms with Crippen LogP contribution in [-0.4, -0.2) is 41.5 Å². The fourth-order valence-electron chi connectivity index (χ4n) is 2.98. The predicted octanol–water partition coefficient (Wildman–Crippen LogP) is 2.52. The van der Waals surface area contributed by atoms with Crippen molar-refractivity contribution in [2.45, 2.75) is 25.3 Å². The van der Waals surface area contributed by atoms with E-state index in [2.05, 4.69) is 21.3 Å². The first kappa shape index (κ1) is 15.7. The predicted molar refractivity (Wildman–Crippen MR) is 91.3 cm³/mol. The average Bonchev–Trinajstić information content (AvgIpc) is 2.63. The lowest BCUT2D eigenvalue weighted by molar-refractivity contribution is 0.0911. The van der Waals surface area contributed by atoms with Crippen molar-refractivity contribution in [1.82, 2.24) is 15.2 Å². The number of nitrogens with one attached hydrogen (secondary N) is 1. The molecule has 1 aliphatic heterocycles. The number of likely N-dealkylation sites (tertiary alicyclic amines) is 1. The molecule has 1 saturated heterocycles. The molecule has 0 aliphatic carbocycles. The molecule has 1 N–H and O–H groups in total. The number of carbonyl (C=O) groups is 1. The normalized spacial score (nSPS) is 16.2. The Morgan fingerprint density at radius 3 is 2.52 bits per heavy atom. The Balaban J connectivity index is 1.41. The van der Waals surface area contributed by atoms with Crippen LogP contribution in [0, 0.1) is 0 Å². The molecule has 1 amide bonds. The fourth-order valence-corrected chi connectivity index (χ4v) is 2.98. The van der Waals surface area contributed by atoms with Crippen LogP contribution >= 0.6 is 0 Å². The number of hydrogen-bond donors (Lipinski definition) is 1. The summed E-state index contributed by atoms with van der Waals surface area (Å²) in [5.41, 5.74) is 1.89. The third-order valence-electron chi connectivity index (χ3n) is 4.37. The van der Waals surface area contributed by atoms with Crippen LogP contribution in [0.1, 0.15) is 28.9 Å². The van der Waals surface area contributed by atoms with Gasteiger partial charge in [-0.2, -0.15) is 0 Å². The number of benzene rings is 1. The van der Waals surface area contributed by atoms with Crippen molar-refractivity contribution in [1.29, 1.82) is 0 Å². The lowest BCUT2D eigenvalue weighted by atomic mass is 10.0. The molecule has 4 heteroatoms. The zero-order chi connectivity index (χ0) is 15.9. The average molecular weight is 309 g/mol.